The first-order valence-electron chi connectivity index (χ1n) is 11.4. The van der Waals surface area contributed by atoms with Gasteiger partial charge in [0.15, 0.2) is 0 Å². The molecule has 9 nitrogen and oxygen atoms in total. The Balaban J connectivity index is 1.36. The lowest BCUT2D eigenvalue weighted by atomic mass is 10.0. The lowest BCUT2D eigenvalue weighted by molar-refractivity contribution is 0.0595. The molecule has 0 bridgehead atoms. The molecule has 10 heteroatoms. The Morgan fingerprint density at radius 3 is 2.67 bits per heavy atom. The third kappa shape index (κ3) is 5.78. The highest BCUT2D eigenvalue weighted by Gasteiger charge is 2.23. The maximum absolute atomic E-state index is 12.8. The smallest absolute Gasteiger partial charge is 0.317 e. The van der Waals surface area contributed by atoms with E-state index < -0.39 is 0 Å². The van der Waals surface area contributed by atoms with Crippen LogP contribution in [0.2, 0.25) is 5.02 Å². The van der Waals surface area contributed by atoms with Crippen LogP contribution in [-0.4, -0.2) is 66.7 Å². The molecule has 2 saturated heterocycles. The van der Waals surface area contributed by atoms with Crippen LogP contribution >= 0.6 is 11.6 Å². The van der Waals surface area contributed by atoms with Gasteiger partial charge in [0, 0.05) is 46.1 Å². The Morgan fingerprint density at radius 1 is 1.24 bits per heavy atom. The SMILES string of the molecule is CNC(=O)N1CCC(Oc2ccc(-n3ncc(NC[C@@H]4CCCOC4)c(Cl)c3=O)cc2)CC1. The summed E-state index contributed by atoms with van der Waals surface area (Å²) in [6, 6.07) is 7.15. The Morgan fingerprint density at radius 2 is 2.00 bits per heavy atom. The number of likely N-dealkylation sites (tertiary alicyclic amines) is 1. The van der Waals surface area contributed by atoms with E-state index in [1.165, 1.54) is 4.68 Å². The minimum atomic E-state index is -0.378. The summed E-state index contributed by atoms with van der Waals surface area (Å²) >= 11 is 6.35. The van der Waals surface area contributed by atoms with Crippen molar-refractivity contribution >= 4 is 23.3 Å². The molecule has 1 atom stereocenters. The number of rotatable bonds is 6. The summed E-state index contributed by atoms with van der Waals surface area (Å²) in [4.78, 5) is 26.3. The second-order valence-electron chi connectivity index (χ2n) is 8.41. The highest BCUT2D eigenvalue weighted by atomic mass is 35.5. The fourth-order valence-electron chi connectivity index (χ4n) is 4.16. The molecule has 0 spiro atoms. The molecule has 0 radical (unpaired) electrons. The van der Waals surface area contributed by atoms with Crippen LogP contribution in [0.4, 0.5) is 10.5 Å². The van der Waals surface area contributed by atoms with Crippen LogP contribution in [0.15, 0.2) is 35.3 Å². The van der Waals surface area contributed by atoms with Gasteiger partial charge in [-0.05, 0) is 43.0 Å². The number of carbonyl (C=O) groups excluding carboxylic acids is 1. The van der Waals surface area contributed by atoms with Crippen LogP contribution in [-0.2, 0) is 4.74 Å². The van der Waals surface area contributed by atoms with Gasteiger partial charge in [-0.25, -0.2) is 4.79 Å². The highest BCUT2D eigenvalue weighted by Crippen LogP contribution is 2.22. The van der Waals surface area contributed by atoms with E-state index in [1.807, 2.05) is 12.1 Å². The average molecular weight is 476 g/mol. The second-order valence-corrected chi connectivity index (χ2v) is 8.78. The van der Waals surface area contributed by atoms with Crippen LogP contribution in [0.25, 0.3) is 5.69 Å². The Kier molecular flexibility index (Phi) is 7.72. The molecule has 2 aromatic rings. The number of nitrogens with zero attached hydrogens (tertiary/aromatic N) is 3. The molecule has 1 aromatic heterocycles. The number of urea groups is 1. The summed E-state index contributed by atoms with van der Waals surface area (Å²) in [6.07, 6.45) is 5.32. The van der Waals surface area contributed by atoms with E-state index in [1.54, 1.807) is 30.3 Å². The van der Waals surface area contributed by atoms with E-state index in [-0.39, 0.29) is 22.7 Å². The molecule has 178 valence electrons. The van der Waals surface area contributed by atoms with Gasteiger partial charge in [-0.1, -0.05) is 11.6 Å². The van der Waals surface area contributed by atoms with Gasteiger partial charge in [-0.2, -0.15) is 9.78 Å². The molecule has 0 unspecified atom stereocenters. The summed E-state index contributed by atoms with van der Waals surface area (Å²) in [5, 5.41) is 10.3. The number of nitrogens with one attached hydrogen (secondary N) is 2. The number of ether oxygens (including phenoxy) is 2. The molecule has 3 heterocycles. The van der Waals surface area contributed by atoms with Crippen molar-refractivity contribution in [2.75, 3.05) is 45.2 Å². The minimum absolute atomic E-state index is 0.0481. The van der Waals surface area contributed by atoms with Crippen molar-refractivity contribution in [2.24, 2.45) is 5.92 Å². The summed E-state index contributed by atoms with van der Waals surface area (Å²) in [6.45, 7) is 3.55. The van der Waals surface area contributed by atoms with Gasteiger partial charge in [0.05, 0.1) is 24.2 Å². The first-order chi connectivity index (χ1) is 16.0. The molecular weight excluding hydrogens is 446 g/mol. The molecule has 4 rings (SSSR count). The van der Waals surface area contributed by atoms with Crippen molar-refractivity contribution in [1.82, 2.24) is 20.0 Å². The van der Waals surface area contributed by atoms with Gasteiger partial charge in [0.2, 0.25) is 0 Å². The second kappa shape index (κ2) is 10.9. The first-order valence-corrected chi connectivity index (χ1v) is 11.8. The zero-order valence-corrected chi connectivity index (χ0v) is 19.5. The van der Waals surface area contributed by atoms with Crippen LogP contribution in [0, 0.1) is 5.92 Å². The van der Waals surface area contributed by atoms with Crippen molar-refractivity contribution < 1.29 is 14.3 Å². The van der Waals surface area contributed by atoms with Gasteiger partial charge in [-0.3, -0.25) is 4.79 Å². The Hall–Kier alpha value is -2.78. The maximum atomic E-state index is 12.8. The van der Waals surface area contributed by atoms with E-state index in [9.17, 15) is 9.59 Å². The Bertz CT molecular complexity index is 999. The van der Waals surface area contributed by atoms with Gasteiger partial charge < -0.3 is 25.0 Å². The van der Waals surface area contributed by atoms with Crippen LogP contribution in [0.1, 0.15) is 25.7 Å². The number of aromatic nitrogens is 2. The number of benzene rings is 1. The third-order valence-corrected chi connectivity index (χ3v) is 6.45. The molecule has 1 aromatic carbocycles. The molecule has 2 fully saturated rings. The Labute approximate surface area is 198 Å². The zero-order chi connectivity index (χ0) is 23.2. The number of carbonyl (C=O) groups is 1. The number of piperidine rings is 1. The molecule has 33 heavy (non-hydrogen) atoms. The standard InChI is InChI=1S/C23H30ClN5O4/c1-25-23(31)28-10-8-19(9-11-28)33-18-6-4-17(5-7-18)29-22(30)21(24)20(14-27-29)26-13-16-3-2-12-32-15-16/h4-7,14,16,19,26H,2-3,8-13,15H2,1H3,(H,25,31)/t16-/m0/s1. The predicted octanol–water partition coefficient (Wildman–Crippen LogP) is 2.91. The maximum Gasteiger partial charge on any atom is 0.317 e. The fourth-order valence-corrected chi connectivity index (χ4v) is 4.35. The lowest BCUT2D eigenvalue weighted by Crippen LogP contribution is -2.45. The normalized spacial score (nSPS) is 19.2. The minimum Gasteiger partial charge on any atom is -0.490 e. The van der Waals surface area contributed by atoms with E-state index in [4.69, 9.17) is 21.1 Å². The summed E-state index contributed by atoms with van der Waals surface area (Å²) in [7, 11) is 1.64. The van der Waals surface area contributed by atoms with Crippen LogP contribution in [0.5, 0.6) is 5.75 Å². The average Bonchev–Trinajstić information content (AvgIpc) is 2.86. The van der Waals surface area contributed by atoms with Crippen molar-refractivity contribution in [3.05, 3.63) is 45.8 Å². The largest absolute Gasteiger partial charge is 0.490 e. The predicted molar refractivity (Wildman–Crippen MR) is 127 cm³/mol. The topological polar surface area (TPSA) is 97.7 Å². The molecule has 0 aliphatic carbocycles. The van der Waals surface area contributed by atoms with Gasteiger partial charge in [-0.15, -0.1) is 0 Å². The molecule has 2 amide bonds. The van der Waals surface area contributed by atoms with Crippen molar-refractivity contribution in [3.63, 3.8) is 0 Å². The zero-order valence-electron chi connectivity index (χ0n) is 18.8. The van der Waals surface area contributed by atoms with E-state index in [0.29, 0.717) is 42.7 Å². The fraction of sp³-hybridized carbons (Fsp3) is 0.522. The molecule has 2 aliphatic heterocycles. The highest BCUT2D eigenvalue weighted by molar-refractivity contribution is 6.32. The quantitative estimate of drug-likeness (QED) is 0.666. The number of hydrogen-bond donors (Lipinski definition) is 2. The molecule has 0 saturated carbocycles. The van der Waals surface area contributed by atoms with Crippen LogP contribution in [0.3, 0.4) is 0 Å². The summed E-state index contributed by atoms with van der Waals surface area (Å²) in [5.74, 6) is 1.12. The monoisotopic (exact) mass is 475 g/mol. The van der Waals surface area contributed by atoms with Crippen molar-refractivity contribution in [1.29, 1.82) is 0 Å². The summed E-state index contributed by atoms with van der Waals surface area (Å²) in [5.41, 5.74) is 0.763. The van der Waals surface area contributed by atoms with Gasteiger partial charge in [0.25, 0.3) is 5.56 Å². The van der Waals surface area contributed by atoms with E-state index >= 15 is 0 Å². The number of hydrogen-bond acceptors (Lipinski definition) is 6. The molecule has 2 aliphatic rings. The molecular formula is C23H30ClN5O4. The van der Waals surface area contributed by atoms with Crippen molar-refractivity contribution in [3.8, 4) is 11.4 Å². The molecule has 2 N–H and O–H groups in total. The third-order valence-electron chi connectivity index (χ3n) is 6.08. The van der Waals surface area contributed by atoms with Crippen molar-refractivity contribution in [2.45, 2.75) is 31.8 Å². The lowest BCUT2D eigenvalue weighted by Gasteiger charge is -2.31. The van der Waals surface area contributed by atoms with Crippen LogP contribution < -0.4 is 20.9 Å². The van der Waals surface area contributed by atoms with Gasteiger partial charge in [0.1, 0.15) is 16.9 Å². The first kappa shape index (κ1) is 23.4. The number of anilines is 1. The van der Waals surface area contributed by atoms with Gasteiger partial charge >= 0.3 is 6.03 Å². The number of amides is 2. The van der Waals surface area contributed by atoms with E-state index in [0.717, 1.165) is 38.9 Å². The summed E-state index contributed by atoms with van der Waals surface area (Å²) < 4.78 is 12.8. The van der Waals surface area contributed by atoms with E-state index in [2.05, 4.69) is 15.7 Å². The number of halogens is 1.